The highest BCUT2D eigenvalue weighted by Gasteiger charge is 2.16. The van der Waals surface area contributed by atoms with Crippen LogP contribution in [0.3, 0.4) is 0 Å². The smallest absolute Gasteiger partial charge is 0.251 e. The molecule has 0 radical (unpaired) electrons. The monoisotopic (exact) mass is 343 g/mol. The first-order valence-corrected chi connectivity index (χ1v) is 8.69. The fraction of sp³-hybridized carbons (Fsp3) is 0.421. The van der Waals surface area contributed by atoms with Gasteiger partial charge in [-0.1, -0.05) is 12.1 Å². The molecule has 1 amide bonds. The molecule has 3 rings (SSSR count). The van der Waals surface area contributed by atoms with Gasteiger partial charge in [-0.05, 0) is 29.8 Å². The molecule has 0 saturated carbocycles. The van der Waals surface area contributed by atoms with E-state index in [4.69, 9.17) is 9.52 Å². The Labute approximate surface area is 148 Å². The molecule has 2 N–H and O–H groups in total. The second kappa shape index (κ2) is 8.80. The molecule has 2 heterocycles. The second-order valence-electron chi connectivity index (χ2n) is 6.30. The quantitative estimate of drug-likeness (QED) is 0.794. The largest absolute Gasteiger partial charge is 0.467 e. The number of nitrogens with one attached hydrogen (secondary N) is 1. The lowest BCUT2D eigenvalue weighted by molar-refractivity contribution is 0.0947. The van der Waals surface area contributed by atoms with Crippen LogP contribution in [0.1, 0.15) is 21.7 Å². The molecule has 1 aromatic heterocycles. The van der Waals surface area contributed by atoms with Gasteiger partial charge >= 0.3 is 0 Å². The van der Waals surface area contributed by atoms with E-state index in [1.165, 1.54) is 0 Å². The molecule has 1 aliphatic heterocycles. The van der Waals surface area contributed by atoms with Crippen molar-refractivity contribution in [2.45, 2.75) is 13.1 Å². The average molecular weight is 343 g/mol. The molecule has 25 heavy (non-hydrogen) atoms. The predicted molar refractivity (Wildman–Crippen MR) is 95.1 cm³/mol. The Morgan fingerprint density at radius 1 is 1.12 bits per heavy atom. The number of benzene rings is 1. The number of β-amino-alcohol motifs (C(OH)–C–C–N with tert-alkyl or cyclic N) is 1. The van der Waals surface area contributed by atoms with Crippen LogP contribution >= 0.6 is 0 Å². The van der Waals surface area contributed by atoms with Crippen molar-refractivity contribution < 1.29 is 14.3 Å². The van der Waals surface area contributed by atoms with Gasteiger partial charge in [0.05, 0.1) is 19.4 Å². The van der Waals surface area contributed by atoms with Crippen LogP contribution in [0.4, 0.5) is 0 Å². The van der Waals surface area contributed by atoms with Crippen molar-refractivity contribution in [1.29, 1.82) is 0 Å². The lowest BCUT2D eigenvalue weighted by Crippen LogP contribution is -2.46. The Bertz CT molecular complexity index is 664. The lowest BCUT2D eigenvalue weighted by atomic mass is 10.1. The average Bonchev–Trinajstić information content (AvgIpc) is 3.15. The molecule has 2 aromatic rings. The standard InChI is InChI=1S/C19H25N3O3/c23-11-10-21-6-8-22(9-7-21)15-16-3-1-4-17(13-16)19(24)20-14-18-5-2-12-25-18/h1-5,12-13,23H,6-11,14-15H2,(H,20,24). The predicted octanol–water partition coefficient (Wildman–Crippen LogP) is 1.32. The molecule has 0 aliphatic carbocycles. The maximum absolute atomic E-state index is 12.3. The number of rotatable bonds is 7. The number of carbonyl (C=O) groups excluding carboxylic acids is 1. The van der Waals surface area contributed by atoms with Crippen molar-refractivity contribution in [3.8, 4) is 0 Å². The minimum Gasteiger partial charge on any atom is -0.467 e. The number of aliphatic hydroxyl groups is 1. The van der Waals surface area contributed by atoms with Crippen molar-refractivity contribution in [2.75, 3.05) is 39.3 Å². The van der Waals surface area contributed by atoms with Crippen LogP contribution in [0.25, 0.3) is 0 Å². The minimum absolute atomic E-state index is 0.0917. The molecule has 6 nitrogen and oxygen atoms in total. The first kappa shape index (κ1) is 17.7. The highest BCUT2D eigenvalue weighted by atomic mass is 16.3. The molecule has 134 valence electrons. The molecule has 6 heteroatoms. The fourth-order valence-corrected chi connectivity index (χ4v) is 3.06. The summed E-state index contributed by atoms with van der Waals surface area (Å²) in [6.07, 6.45) is 1.60. The van der Waals surface area contributed by atoms with Gasteiger partial charge in [-0.15, -0.1) is 0 Å². The molecule has 1 aromatic carbocycles. The van der Waals surface area contributed by atoms with Gasteiger partial charge in [0.1, 0.15) is 5.76 Å². The number of furan rings is 1. The fourth-order valence-electron chi connectivity index (χ4n) is 3.06. The first-order chi connectivity index (χ1) is 12.2. The summed E-state index contributed by atoms with van der Waals surface area (Å²) in [5.74, 6) is 0.649. The summed E-state index contributed by atoms with van der Waals surface area (Å²) in [4.78, 5) is 17.0. The van der Waals surface area contributed by atoms with Crippen molar-refractivity contribution in [3.05, 3.63) is 59.5 Å². The summed E-state index contributed by atoms with van der Waals surface area (Å²) in [5.41, 5.74) is 1.81. The molecule has 1 saturated heterocycles. The van der Waals surface area contributed by atoms with E-state index in [-0.39, 0.29) is 12.5 Å². The minimum atomic E-state index is -0.0917. The van der Waals surface area contributed by atoms with E-state index in [1.54, 1.807) is 6.26 Å². The van der Waals surface area contributed by atoms with E-state index in [9.17, 15) is 4.79 Å². The zero-order valence-corrected chi connectivity index (χ0v) is 14.4. The van der Waals surface area contributed by atoms with E-state index < -0.39 is 0 Å². The van der Waals surface area contributed by atoms with E-state index in [0.29, 0.717) is 12.1 Å². The Hall–Kier alpha value is -2.15. The maximum atomic E-state index is 12.3. The highest BCUT2D eigenvalue weighted by molar-refractivity contribution is 5.94. The van der Waals surface area contributed by atoms with Crippen LogP contribution in [0.15, 0.2) is 47.1 Å². The molecular formula is C19H25N3O3. The number of hydrogen-bond acceptors (Lipinski definition) is 5. The SMILES string of the molecule is O=C(NCc1ccco1)c1cccc(CN2CCN(CCO)CC2)c1. The van der Waals surface area contributed by atoms with Crippen LogP contribution in [0, 0.1) is 0 Å². The summed E-state index contributed by atoms with van der Waals surface area (Å²) in [6, 6.07) is 11.4. The lowest BCUT2D eigenvalue weighted by Gasteiger charge is -2.34. The topological polar surface area (TPSA) is 69.0 Å². The maximum Gasteiger partial charge on any atom is 0.251 e. The zero-order chi connectivity index (χ0) is 17.5. The normalized spacial score (nSPS) is 16.0. The highest BCUT2D eigenvalue weighted by Crippen LogP contribution is 2.11. The van der Waals surface area contributed by atoms with Crippen molar-refractivity contribution >= 4 is 5.91 Å². The van der Waals surface area contributed by atoms with E-state index in [1.807, 2.05) is 30.3 Å². The van der Waals surface area contributed by atoms with Crippen molar-refractivity contribution in [2.24, 2.45) is 0 Å². The van der Waals surface area contributed by atoms with Gasteiger partial charge in [-0.2, -0.15) is 0 Å². The van der Waals surface area contributed by atoms with Crippen molar-refractivity contribution in [1.82, 2.24) is 15.1 Å². The number of hydrogen-bond donors (Lipinski definition) is 2. The first-order valence-electron chi connectivity index (χ1n) is 8.69. The third kappa shape index (κ3) is 5.16. The molecule has 0 spiro atoms. The number of nitrogens with zero attached hydrogens (tertiary/aromatic N) is 2. The molecule has 1 aliphatic rings. The van der Waals surface area contributed by atoms with Crippen molar-refractivity contribution in [3.63, 3.8) is 0 Å². The van der Waals surface area contributed by atoms with Gasteiger partial charge in [0.25, 0.3) is 5.91 Å². The second-order valence-corrected chi connectivity index (χ2v) is 6.30. The van der Waals surface area contributed by atoms with Crippen LogP contribution in [0.5, 0.6) is 0 Å². The third-order valence-corrected chi connectivity index (χ3v) is 4.48. The van der Waals surface area contributed by atoms with E-state index in [0.717, 1.165) is 50.6 Å². The Balaban J connectivity index is 1.52. The van der Waals surface area contributed by atoms with Crippen LogP contribution < -0.4 is 5.32 Å². The third-order valence-electron chi connectivity index (χ3n) is 4.48. The van der Waals surface area contributed by atoms with Gasteiger partial charge in [0, 0.05) is 44.8 Å². The van der Waals surface area contributed by atoms with Gasteiger partial charge in [-0.25, -0.2) is 0 Å². The van der Waals surface area contributed by atoms with Crippen LogP contribution in [0.2, 0.25) is 0 Å². The van der Waals surface area contributed by atoms with E-state index in [2.05, 4.69) is 21.2 Å². The summed E-state index contributed by atoms with van der Waals surface area (Å²) in [6.45, 7) is 6.11. The number of piperazine rings is 1. The van der Waals surface area contributed by atoms with E-state index >= 15 is 0 Å². The summed E-state index contributed by atoms with van der Waals surface area (Å²) in [7, 11) is 0. The Morgan fingerprint density at radius 2 is 1.92 bits per heavy atom. The number of carbonyl (C=O) groups is 1. The zero-order valence-electron chi connectivity index (χ0n) is 14.4. The van der Waals surface area contributed by atoms with Gasteiger partial charge < -0.3 is 14.8 Å². The summed E-state index contributed by atoms with van der Waals surface area (Å²) >= 11 is 0. The molecule has 0 atom stereocenters. The molecule has 0 bridgehead atoms. The van der Waals surface area contributed by atoms with Crippen LogP contribution in [-0.2, 0) is 13.1 Å². The van der Waals surface area contributed by atoms with Crippen LogP contribution in [-0.4, -0.2) is 60.1 Å². The van der Waals surface area contributed by atoms with Gasteiger partial charge in [0.2, 0.25) is 0 Å². The number of amides is 1. The van der Waals surface area contributed by atoms with Gasteiger partial charge in [0.15, 0.2) is 0 Å². The molecular weight excluding hydrogens is 318 g/mol. The van der Waals surface area contributed by atoms with Gasteiger partial charge in [-0.3, -0.25) is 14.6 Å². The Kier molecular flexibility index (Phi) is 6.22. The summed E-state index contributed by atoms with van der Waals surface area (Å²) < 4.78 is 5.23. The summed E-state index contributed by atoms with van der Waals surface area (Å²) in [5, 5.41) is 11.9. The molecule has 0 unspecified atom stereocenters. The Morgan fingerprint density at radius 3 is 2.64 bits per heavy atom. The molecule has 1 fully saturated rings. The number of aliphatic hydroxyl groups excluding tert-OH is 1.